The second kappa shape index (κ2) is 4.81. The summed E-state index contributed by atoms with van der Waals surface area (Å²) < 4.78 is 0. The third-order valence-corrected chi connectivity index (χ3v) is 3.93. The van der Waals surface area contributed by atoms with Crippen LogP contribution >= 0.6 is 0 Å². The van der Waals surface area contributed by atoms with Crippen LogP contribution in [0.25, 0.3) is 0 Å². The van der Waals surface area contributed by atoms with Crippen molar-refractivity contribution in [2.24, 2.45) is 5.73 Å². The summed E-state index contributed by atoms with van der Waals surface area (Å²) in [5.74, 6) is 0. The summed E-state index contributed by atoms with van der Waals surface area (Å²) >= 11 is 0. The van der Waals surface area contributed by atoms with E-state index in [-0.39, 0.29) is 0 Å². The normalized spacial score (nSPS) is 35.2. The summed E-state index contributed by atoms with van der Waals surface area (Å²) in [6, 6.07) is 1.90. The van der Waals surface area contributed by atoms with Crippen LogP contribution in [-0.4, -0.2) is 54.1 Å². The van der Waals surface area contributed by atoms with E-state index < -0.39 is 0 Å². The van der Waals surface area contributed by atoms with Crippen LogP contribution in [0.5, 0.6) is 0 Å². The Hall–Kier alpha value is -0.120. The van der Waals surface area contributed by atoms with Crippen LogP contribution < -0.4 is 5.73 Å². The Morgan fingerprint density at radius 2 is 1.93 bits per heavy atom. The van der Waals surface area contributed by atoms with Gasteiger partial charge in [0.1, 0.15) is 0 Å². The third kappa shape index (κ3) is 2.71. The highest BCUT2D eigenvalue weighted by Gasteiger charge is 2.30. The lowest BCUT2D eigenvalue weighted by Gasteiger charge is -2.35. The monoisotopic (exact) mass is 211 g/mol. The van der Waals surface area contributed by atoms with Crippen LogP contribution in [0.4, 0.5) is 0 Å². The molecule has 0 aromatic rings. The van der Waals surface area contributed by atoms with Crippen molar-refractivity contribution >= 4 is 0 Å². The van der Waals surface area contributed by atoms with Crippen molar-refractivity contribution in [1.82, 2.24) is 9.80 Å². The molecule has 2 saturated heterocycles. The molecule has 2 atom stereocenters. The highest BCUT2D eigenvalue weighted by Crippen LogP contribution is 2.21. The topological polar surface area (TPSA) is 32.5 Å². The highest BCUT2D eigenvalue weighted by atomic mass is 15.3. The summed E-state index contributed by atoms with van der Waals surface area (Å²) in [6.45, 7) is 9.51. The minimum Gasteiger partial charge on any atom is -0.327 e. The average Bonchev–Trinajstić information content (AvgIpc) is 2.66. The molecule has 2 unspecified atom stereocenters. The Morgan fingerprint density at radius 1 is 1.13 bits per heavy atom. The number of nitrogens with two attached hydrogens (primary N) is 1. The van der Waals surface area contributed by atoms with E-state index in [1.807, 2.05) is 0 Å². The summed E-state index contributed by atoms with van der Waals surface area (Å²) in [5.41, 5.74) is 6.03. The molecule has 0 radical (unpaired) electrons. The van der Waals surface area contributed by atoms with Crippen LogP contribution in [-0.2, 0) is 0 Å². The Labute approximate surface area is 93.6 Å². The second-order valence-corrected chi connectivity index (χ2v) is 5.43. The number of hydrogen-bond acceptors (Lipinski definition) is 3. The van der Waals surface area contributed by atoms with E-state index >= 15 is 0 Å². The lowest BCUT2D eigenvalue weighted by atomic mass is 10.0. The molecule has 0 aliphatic carbocycles. The third-order valence-electron chi connectivity index (χ3n) is 3.93. The summed E-state index contributed by atoms with van der Waals surface area (Å²) in [5, 5.41) is 0. The fraction of sp³-hybridized carbons (Fsp3) is 1.00. The fourth-order valence-electron chi connectivity index (χ4n) is 2.91. The minimum absolute atomic E-state index is 0.423. The van der Waals surface area contributed by atoms with Gasteiger partial charge in [-0.1, -0.05) is 0 Å². The van der Waals surface area contributed by atoms with Crippen LogP contribution in [0.15, 0.2) is 0 Å². The maximum Gasteiger partial charge on any atom is 0.0236 e. The highest BCUT2D eigenvalue weighted by molar-refractivity contribution is 4.88. The number of likely N-dealkylation sites (tertiary alicyclic amines) is 2. The van der Waals surface area contributed by atoms with Crippen molar-refractivity contribution in [2.75, 3.05) is 26.2 Å². The smallest absolute Gasteiger partial charge is 0.0236 e. The van der Waals surface area contributed by atoms with Gasteiger partial charge >= 0.3 is 0 Å². The maximum atomic E-state index is 6.03. The molecule has 2 aliphatic heterocycles. The Balaban J connectivity index is 1.84. The molecule has 0 bridgehead atoms. The molecule has 0 spiro atoms. The number of nitrogens with zero attached hydrogens (tertiary/aromatic N) is 2. The van der Waals surface area contributed by atoms with Crippen LogP contribution in [0.2, 0.25) is 0 Å². The minimum atomic E-state index is 0.423. The predicted molar refractivity (Wildman–Crippen MR) is 63.9 cm³/mol. The molecule has 0 saturated carbocycles. The Kier molecular flexibility index (Phi) is 3.65. The van der Waals surface area contributed by atoms with Crippen molar-refractivity contribution < 1.29 is 0 Å². The summed E-state index contributed by atoms with van der Waals surface area (Å²) in [7, 11) is 0. The Bertz CT molecular complexity index is 205. The first-order valence-electron chi connectivity index (χ1n) is 6.40. The quantitative estimate of drug-likeness (QED) is 0.736. The van der Waals surface area contributed by atoms with E-state index in [1.54, 1.807) is 0 Å². The van der Waals surface area contributed by atoms with Crippen LogP contribution in [0.3, 0.4) is 0 Å². The van der Waals surface area contributed by atoms with Gasteiger partial charge in [0.25, 0.3) is 0 Å². The first-order chi connectivity index (χ1) is 7.16. The lowest BCUT2D eigenvalue weighted by molar-refractivity contribution is 0.144. The number of piperidine rings is 1. The molecular weight excluding hydrogens is 186 g/mol. The van der Waals surface area contributed by atoms with Crippen molar-refractivity contribution in [3.05, 3.63) is 0 Å². The fourth-order valence-corrected chi connectivity index (χ4v) is 2.91. The van der Waals surface area contributed by atoms with Gasteiger partial charge < -0.3 is 5.73 Å². The van der Waals surface area contributed by atoms with Gasteiger partial charge in [-0.3, -0.25) is 9.80 Å². The molecule has 88 valence electrons. The second-order valence-electron chi connectivity index (χ2n) is 5.43. The lowest BCUT2D eigenvalue weighted by Crippen LogP contribution is -2.48. The van der Waals surface area contributed by atoms with Gasteiger partial charge in [-0.25, -0.2) is 0 Å². The first kappa shape index (κ1) is 11.4. The van der Waals surface area contributed by atoms with E-state index in [0.717, 1.165) is 12.6 Å². The van der Waals surface area contributed by atoms with E-state index in [9.17, 15) is 0 Å². The molecule has 0 aromatic carbocycles. The van der Waals surface area contributed by atoms with Crippen molar-refractivity contribution in [1.29, 1.82) is 0 Å². The summed E-state index contributed by atoms with van der Waals surface area (Å²) in [4.78, 5) is 5.21. The zero-order valence-electron chi connectivity index (χ0n) is 10.2. The Morgan fingerprint density at radius 3 is 2.53 bits per heavy atom. The molecule has 0 amide bonds. The zero-order chi connectivity index (χ0) is 10.8. The molecular formula is C12H25N3. The van der Waals surface area contributed by atoms with Gasteiger partial charge in [0, 0.05) is 37.8 Å². The molecule has 2 N–H and O–H groups in total. The van der Waals surface area contributed by atoms with Crippen molar-refractivity contribution in [3.63, 3.8) is 0 Å². The van der Waals surface area contributed by atoms with E-state index in [4.69, 9.17) is 5.73 Å². The number of rotatable bonds is 2. The van der Waals surface area contributed by atoms with E-state index in [1.165, 1.54) is 38.9 Å². The van der Waals surface area contributed by atoms with Gasteiger partial charge in [0.05, 0.1) is 0 Å². The van der Waals surface area contributed by atoms with Gasteiger partial charge in [0.2, 0.25) is 0 Å². The largest absolute Gasteiger partial charge is 0.327 e. The maximum absolute atomic E-state index is 6.03. The van der Waals surface area contributed by atoms with Crippen LogP contribution in [0.1, 0.15) is 33.1 Å². The molecule has 2 aliphatic rings. The number of hydrogen-bond donors (Lipinski definition) is 1. The molecule has 2 rings (SSSR count). The van der Waals surface area contributed by atoms with Crippen molar-refractivity contribution in [2.45, 2.75) is 51.2 Å². The average molecular weight is 211 g/mol. The molecule has 3 heteroatoms. The zero-order valence-corrected chi connectivity index (χ0v) is 10.2. The molecule has 3 nitrogen and oxygen atoms in total. The molecule has 2 fully saturated rings. The van der Waals surface area contributed by atoms with E-state index in [0.29, 0.717) is 12.1 Å². The molecule has 0 aromatic heterocycles. The van der Waals surface area contributed by atoms with Gasteiger partial charge in [-0.05, 0) is 39.7 Å². The first-order valence-corrected chi connectivity index (χ1v) is 6.40. The standard InChI is InChI=1S/C12H25N3/c1-10(2)14-7-5-12(9-14)15-6-3-4-11(13)8-15/h10-12H,3-9,13H2,1-2H3. The van der Waals surface area contributed by atoms with E-state index in [2.05, 4.69) is 23.6 Å². The summed E-state index contributed by atoms with van der Waals surface area (Å²) in [6.07, 6.45) is 3.85. The predicted octanol–water partition coefficient (Wildman–Crippen LogP) is 0.892. The molecule has 15 heavy (non-hydrogen) atoms. The van der Waals surface area contributed by atoms with Gasteiger partial charge in [-0.2, -0.15) is 0 Å². The SMILES string of the molecule is CC(C)N1CCC(N2CCCC(N)C2)C1. The van der Waals surface area contributed by atoms with Gasteiger partial charge in [-0.15, -0.1) is 0 Å². The van der Waals surface area contributed by atoms with Gasteiger partial charge in [0.15, 0.2) is 0 Å². The van der Waals surface area contributed by atoms with Crippen molar-refractivity contribution in [3.8, 4) is 0 Å². The van der Waals surface area contributed by atoms with Crippen LogP contribution in [0, 0.1) is 0 Å². The molecule has 2 heterocycles.